The molecule has 6 nitrogen and oxygen atoms in total. The third-order valence-corrected chi connectivity index (χ3v) is 6.04. The lowest BCUT2D eigenvalue weighted by Gasteiger charge is -2.29. The van der Waals surface area contributed by atoms with E-state index in [1.807, 2.05) is 27.9 Å². The van der Waals surface area contributed by atoms with Crippen molar-refractivity contribution in [2.24, 2.45) is 11.8 Å². The fraction of sp³-hybridized carbons (Fsp3) is 0.500. The van der Waals surface area contributed by atoms with E-state index in [-0.39, 0.29) is 11.9 Å². The maximum Gasteiger partial charge on any atom is 0.219 e. The van der Waals surface area contributed by atoms with Crippen LogP contribution in [0, 0.1) is 11.8 Å². The summed E-state index contributed by atoms with van der Waals surface area (Å²) in [7, 11) is 1.67. The van der Waals surface area contributed by atoms with E-state index in [1.165, 1.54) is 5.56 Å². The molecule has 2 fully saturated rings. The summed E-state index contributed by atoms with van der Waals surface area (Å²) < 4.78 is 7.17. The van der Waals surface area contributed by atoms with Crippen LogP contribution in [0.25, 0.3) is 0 Å². The van der Waals surface area contributed by atoms with Gasteiger partial charge in [0.25, 0.3) is 0 Å². The van der Waals surface area contributed by atoms with E-state index in [2.05, 4.69) is 22.1 Å². The van der Waals surface area contributed by atoms with Gasteiger partial charge >= 0.3 is 0 Å². The number of benzene rings is 1. The minimum atomic E-state index is 0.141. The minimum Gasteiger partial charge on any atom is -0.497 e. The van der Waals surface area contributed by atoms with E-state index in [9.17, 15) is 4.79 Å². The Morgan fingerprint density at radius 2 is 2.00 bits per heavy atom. The zero-order valence-electron chi connectivity index (χ0n) is 15.7. The van der Waals surface area contributed by atoms with Crippen molar-refractivity contribution < 1.29 is 9.53 Å². The highest BCUT2D eigenvalue weighted by Gasteiger charge is 2.48. The first kappa shape index (κ1) is 18.3. The highest BCUT2D eigenvalue weighted by atomic mass is 35.5. The third kappa shape index (κ3) is 3.69. The number of hydrogen-bond acceptors (Lipinski definition) is 4. The molecule has 1 aromatic heterocycles. The first-order chi connectivity index (χ1) is 13.0. The SMILES string of the molecule is COc1ccc([C@H]2[C@@H]3CN(CCn4cc(Cl)cn4)C[C@@H]3CN2C(C)=O)cc1. The molecule has 2 aliphatic rings. The number of amides is 1. The quantitative estimate of drug-likeness (QED) is 0.790. The second-order valence-electron chi connectivity index (χ2n) is 7.49. The van der Waals surface area contributed by atoms with Gasteiger partial charge in [-0.1, -0.05) is 23.7 Å². The molecule has 7 heteroatoms. The molecule has 3 heterocycles. The first-order valence-corrected chi connectivity index (χ1v) is 9.74. The molecule has 0 bridgehead atoms. The van der Waals surface area contributed by atoms with Crippen molar-refractivity contribution in [1.29, 1.82) is 0 Å². The Morgan fingerprint density at radius 1 is 1.22 bits per heavy atom. The summed E-state index contributed by atoms with van der Waals surface area (Å²) in [5, 5.41) is 4.93. The van der Waals surface area contributed by atoms with E-state index in [1.54, 1.807) is 20.2 Å². The van der Waals surface area contributed by atoms with E-state index >= 15 is 0 Å². The molecule has 4 rings (SSSR count). The fourth-order valence-corrected chi connectivity index (χ4v) is 4.73. The highest BCUT2D eigenvalue weighted by molar-refractivity contribution is 6.30. The lowest BCUT2D eigenvalue weighted by molar-refractivity contribution is -0.130. The standard InChI is InChI=1S/C20H25ClN4O2/c1-14(26)25-11-16-10-23(7-8-24-12-17(21)9-22-24)13-19(16)20(25)15-3-5-18(27-2)6-4-15/h3-6,9,12,16,19-20H,7-8,10-11,13H2,1-2H3/t16-,19-,20+/m1/s1. The van der Waals surface area contributed by atoms with Crippen molar-refractivity contribution in [3.8, 4) is 5.75 Å². The summed E-state index contributed by atoms with van der Waals surface area (Å²) in [5.41, 5.74) is 1.19. The summed E-state index contributed by atoms with van der Waals surface area (Å²) in [6.45, 7) is 6.31. The number of carbonyl (C=O) groups is 1. The van der Waals surface area contributed by atoms with Gasteiger partial charge in [-0.2, -0.15) is 5.10 Å². The third-order valence-electron chi connectivity index (χ3n) is 5.85. The number of aromatic nitrogens is 2. The summed E-state index contributed by atoms with van der Waals surface area (Å²) >= 11 is 5.94. The zero-order chi connectivity index (χ0) is 19.0. The van der Waals surface area contributed by atoms with Crippen molar-refractivity contribution in [3.05, 3.63) is 47.2 Å². The van der Waals surface area contributed by atoms with Crippen molar-refractivity contribution in [1.82, 2.24) is 19.6 Å². The first-order valence-electron chi connectivity index (χ1n) is 9.36. The van der Waals surface area contributed by atoms with Gasteiger partial charge in [-0.25, -0.2) is 0 Å². The van der Waals surface area contributed by atoms with Gasteiger partial charge in [0.05, 0.1) is 30.9 Å². The van der Waals surface area contributed by atoms with Gasteiger partial charge in [-0.3, -0.25) is 9.48 Å². The Labute approximate surface area is 164 Å². The van der Waals surface area contributed by atoms with Gasteiger partial charge in [0.2, 0.25) is 5.91 Å². The Morgan fingerprint density at radius 3 is 2.63 bits per heavy atom. The monoisotopic (exact) mass is 388 g/mol. The van der Waals surface area contributed by atoms with Crippen LogP contribution in [0.3, 0.4) is 0 Å². The van der Waals surface area contributed by atoms with Gasteiger partial charge in [0, 0.05) is 45.2 Å². The van der Waals surface area contributed by atoms with Crippen LogP contribution in [0.4, 0.5) is 0 Å². The number of likely N-dealkylation sites (tertiary alicyclic amines) is 2. The topological polar surface area (TPSA) is 50.6 Å². The van der Waals surface area contributed by atoms with Crippen LogP contribution in [-0.4, -0.2) is 58.8 Å². The summed E-state index contributed by atoms with van der Waals surface area (Å²) in [5.74, 6) is 1.97. The van der Waals surface area contributed by atoms with Crippen molar-refractivity contribution in [2.45, 2.75) is 19.5 Å². The summed E-state index contributed by atoms with van der Waals surface area (Å²) in [4.78, 5) is 16.8. The van der Waals surface area contributed by atoms with Gasteiger partial charge < -0.3 is 14.5 Å². The molecule has 1 aromatic carbocycles. The van der Waals surface area contributed by atoms with Gasteiger partial charge in [0.15, 0.2) is 0 Å². The molecular weight excluding hydrogens is 364 g/mol. The number of carbonyl (C=O) groups excluding carboxylic acids is 1. The Hall–Kier alpha value is -2.05. The number of rotatable bonds is 5. The lowest BCUT2D eigenvalue weighted by atomic mass is 9.89. The van der Waals surface area contributed by atoms with Crippen LogP contribution in [-0.2, 0) is 11.3 Å². The van der Waals surface area contributed by atoms with Crippen LogP contribution >= 0.6 is 11.6 Å². The van der Waals surface area contributed by atoms with E-state index in [0.717, 1.165) is 38.5 Å². The molecule has 27 heavy (non-hydrogen) atoms. The molecule has 3 atom stereocenters. The molecular formula is C20H25ClN4O2. The van der Waals surface area contributed by atoms with E-state index < -0.39 is 0 Å². The van der Waals surface area contributed by atoms with Crippen LogP contribution in [0.15, 0.2) is 36.7 Å². The molecule has 144 valence electrons. The van der Waals surface area contributed by atoms with Crippen molar-refractivity contribution in [2.75, 3.05) is 33.3 Å². The summed E-state index contributed by atoms with van der Waals surface area (Å²) in [6, 6.07) is 8.29. The van der Waals surface area contributed by atoms with Crippen LogP contribution in [0.5, 0.6) is 5.75 Å². The number of fused-ring (bicyclic) bond motifs is 1. The second kappa shape index (κ2) is 7.52. The largest absolute Gasteiger partial charge is 0.497 e. The highest BCUT2D eigenvalue weighted by Crippen LogP contribution is 2.45. The van der Waals surface area contributed by atoms with Crippen LogP contribution in [0.2, 0.25) is 5.02 Å². The predicted octanol–water partition coefficient (Wildman–Crippen LogP) is 2.70. The molecule has 0 radical (unpaired) electrons. The average Bonchev–Trinajstić information content (AvgIpc) is 3.33. The lowest BCUT2D eigenvalue weighted by Crippen LogP contribution is -2.35. The molecule has 0 N–H and O–H groups in total. The van der Waals surface area contributed by atoms with Crippen molar-refractivity contribution >= 4 is 17.5 Å². The number of nitrogens with zero attached hydrogens (tertiary/aromatic N) is 4. The summed E-state index contributed by atoms with van der Waals surface area (Å²) in [6.07, 6.45) is 3.53. The van der Waals surface area contributed by atoms with Crippen LogP contribution < -0.4 is 4.74 Å². The Bertz CT molecular complexity index is 807. The molecule has 0 spiro atoms. The smallest absolute Gasteiger partial charge is 0.219 e. The Kier molecular flexibility index (Phi) is 5.10. The molecule has 1 amide bonds. The molecule has 2 aromatic rings. The van der Waals surface area contributed by atoms with Crippen molar-refractivity contribution in [3.63, 3.8) is 0 Å². The normalized spacial score (nSPS) is 25.0. The second-order valence-corrected chi connectivity index (χ2v) is 7.93. The average molecular weight is 389 g/mol. The van der Waals surface area contributed by atoms with Gasteiger partial charge in [-0.15, -0.1) is 0 Å². The molecule has 0 aliphatic carbocycles. The van der Waals surface area contributed by atoms with Gasteiger partial charge in [0.1, 0.15) is 5.75 Å². The number of halogens is 1. The maximum atomic E-state index is 12.2. The molecule has 2 aliphatic heterocycles. The fourth-order valence-electron chi connectivity index (χ4n) is 4.58. The Balaban J connectivity index is 1.47. The number of ether oxygens (including phenoxy) is 1. The molecule has 0 saturated carbocycles. The van der Waals surface area contributed by atoms with Gasteiger partial charge in [-0.05, 0) is 23.6 Å². The number of methoxy groups -OCH3 is 1. The molecule has 2 saturated heterocycles. The molecule has 0 unspecified atom stereocenters. The van der Waals surface area contributed by atoms with E-state index in [4.69, 9.17) is 16.3 Å². The predicted molar refractivity (Wildman–Crippen MR) is 104 cm³/mol. The number of hydrogen-bond donors (Lipinski definition) is 0. The minimum absolute atomic E-state index is 0.141. The van der Waals surface area contributed by atoms with E-state index in [0.29, 0.717) is 16.9 Å². The zero-order valence-corrected chi connectivity index (χ0v) is 16.5. The van der Waals surface area contributed by atoms with Crippen LogP contribution in [0.1, 0.15) is 18.5 Å². The maximum absolute atomic E-state index is 12.2.